The molecular weight excluding hydrogens is 338 g/mol. The molecule has 1 nitrogen and oxygen atoms in total. The van der Waals surface area contributed by atoms with Gasteiger partial charge in [-0.25, -0.2) is 0 Å². The van der Waals surface area contributed by atoms with Gasteiger partial charge in [0.15, 0.2) is 0 Å². The zero-order valence-corrected chi connectivity index (χ0v) is 17.1. The Morgan fingerprint density at radius 2 is 1.07 bits per heavy atom. The van der Waals surface area contributed by atoms with Gasteiger partial charge in [-0.05, 0) is 36.2 Å². The molecule has 0 bridgehead atoms. The number of hydrogen-bond donors (Lipinski definition) is 0. The van der Waals surface area contributed by atoms with E-state index in [0.717, 1.165) is 19.5 Å². The summed E-state index contributed by atoms with van der Waals surface area (Å²) in [4.78, 5) is 2.50. The van der Waals surface area contributed by atoms with Crippen molar-refractivity contribution in [2.24, 2.45) is 0 Å². The number of nitrogens with zero attached hydrogens (tertiary/aromatic N) is 1. The first kappa shape index (κ1) is 20.1. The Kier molecular flexibility index (Phi) is 6.84. The Morgan fingerprint density at radius 1 is 0.714 bits per heavy atom. The van der Waals surface area contributed by atoms with E-state index in [0.29, 0.717) is 0 Å². The molecule has 0 spiro atoms. The predicted molar refractivity (Wildman–Crippen MR) is 121 cm³/mol. The molecular formula is C27H31N. The molecule has 0 heterocycles. The normalized spacial score (nSPS) is 12.7. The number of rotatable bonds is 9. The van der Waals surface area contributed by atoms with Gasteiger partial charge in [-0.15, -0.1) is 6.58 Å². The van der Waals surface area contributed by atoms with Crippen LogP contribution in [0.4, 0.5) is 0 Å². The quantitative estimate of drug-likeness (QED) is 0.316. The smallest absolute Gasteiger partial charge is 0.0469 e. The van der Waals surface area contributed by atoms with Crippen LogP contribution in [-0.4, -0.2) is 24.0 Å². The Morgan fingerprint density at radius 3 is 1.36 bits per heavy atom. The molecule has 0 aliphatic heterocycles. The molecule has 28 heavy (non-hydrogen) atoms. The molecule has 0 radical (unpaired) electrons. The molecule has 0 fully saturated rings. The largest absolute Gasteiger partial charge is 0.297 e. The molecule has 3 aromatic rings. The van der Waals surface area contributed by atoms with E-state index in [1.54, 1.807) is 0 Å². The van der Waals surface area contributed by atoms with Crippen LogP contribution in [0.15, 0.2) is 104 Å². The summed E-state index contributed by atoms with van der Waals surface area (Å²) >= 11 is 0. The highest BCUT2D eigenvalue weighted by atomic mass is 15.1. The van der Waals surface area contributed by atoms with Crippen molar-refractivity contribution in [3.8, 4) is 0 Å². The maximum Gasteiger partial charge on any atom is 0.0469 e. The second-order valence-electron chi connectivity index (χ2n) is 7.23. The lowest BCUT2D eigenvalue weighted by Gasteiger charge is -2.41. The fourth-order valence-corrected chi connectivity index (χ4v) is 4.39. The second-order valence-corrected chi connectivity index (χ2v) is 7.23. The molecule has 0 aliphatic carbocycles. The standard InChI is InChI=1S/C27H31N/c1-4-26(28(5-2)6-3)22-27(23-16-10-7-11-17-23,24-18-12-8-13-19-24)25-20-14-9-15-21-25/h4,7-21,26H,1,5-6,22H2,2-3H3/t26-/m1/s1. The van der Waals surface area contributed by atoms with Gasteiger partial charge in [0.25, 0.3) is 0 Å². The van der Waals surface area contributed by atoms with Gasteiger partial charge in [0.05, 0.1) is 0 Å². The lowest BCUT2D eigenvalue weighted by atomic mass is 9.65. The van der Waals surface area contributed by atoms with Crippen LogP contribution in [0.3, 0.4) is 0 Å². The second kappa shape index (κ2) is 9.52. The van der Waals surface area contributed by atoms with Crippen molar-refractivity contribution in [2.75, 3.05) is 13.1 Å². The van der Waals surface area contributed by atoms with Crippen molar-refractivity contribution in [2.45, 2.75) is 31.7 Å². The number of likely N-dealkylation sites (N-methyl/N-ethyl adjacent to an activating group) is 1. The van der Waals surface area contributed by atoms with E-state index in [1.807, 2.05) is 0 Å². The van der Waals surface area contributed by atoms with Gasteiger partial charge in [-0.2, -0.15) is 0 Å². The summed E-state index contributed by atoms with van der Waals surface area (Å²) in [7, 11) is 0. The molecule has 3 aromatic carbocycles. The van der Waals surface area contributed by atoms with Crippen LogP contribution < -0.4 is 0 Å². The van der Waals surface area contributed by atoms with E-state index in [-0.39, 0.29) is 11.5 Å². The van der Waals surface area contributed by atoms with Gasteiger partial charge >= 0.3 is 0 Å². The summed E-state index contributed by atoms with van der Waals surface area (Å²) < 4.78 is 0. The Bertz CT molecular complexity index is 739. The van der Waals surface area contributed by atoms with Crippen LogP contribution in [0.1, 0.15) is 37.0 Å². The highest BCUT2D eigenvalue weighted by molar-refractivity contribution is 5.50. The minimum atomic E-state index is -0.231. The summed E-state index contributed by atoms with van der Waals surface area (Å²) in [5.41, 5.74) is 3.75. The summed E-state index contributed by atoms with van der Waals surface area (Å²) in [6, 6.07) is 33.1. The highest BCUT2D eigenvalue weighted by Crippen LogP contribution is 2.43. The fraction of sp³-hybridized carbons (Fsp3) is 0.259. The van der Waals surface area contributed by atoms with E-state index >= 15 is 0 Å². The van der Waals surface area contributed by atoms with Crippen molar-refractivity contribution in [1.82, 2.24) is 4.90 Å². The lowest BCUT2D eigenvalue weighted by Crippen LogP contribution is -2.41. The van der Waals surface area contributed by atoms with Gasteiger partial charge in [0.1, 0.15) is 0 Å². The van der Waals surface area contributed by atoms with Crippen molar-refractivity contribution in [3.05, 3.63) is 120 Å². The van der Waals surface area contributed by atoms with Crippen LogP contribution in [-0.2, 0) is 5.41 Å². The van der Waals surface area contributed by atoms with Crippen molar-refractivity contribution in [1.29, 1.82) is 0 Å². The lowest BCUT2D eigenvalue weighted by molar-refractivity contribution is 0.226. The maximum atomic E-state index is 4.20. The van der Waals surface area contributed by atoms with Gasteiger partial charge in [-0.3, -0.25) is 4.90 Å². The summed E-state index contributed by atoms with van der Waals surface area (Å²) in [6.07, 6.45) is 3.08. The van der Waals surface area contributed by atoms with Gasteiger partial charge in [0.2, 0.25) is 0 Å². The maximum absolute atomic E-state index is 4.20. The minimum absolute atomic E-state index is 0.231. The van der Waals surface area contributed by atoms with Crippen LogP contribution in [0.25, 0.3) is 0 Å². The van der Waals surface area contributed by atoms with Gasteiger partial charge in [0, 0.05) is 11.5 Å². The first-order valence-electron chi connectivity index (χ1n) is 10.3. The monoisotopic (exact) mass is 369 g/mol. The Balaban J connectivity index is 2.26. The minimum Gasteiger partial charge on any atom is -0.297 e. The van der Waals surface area contributed by atoms with Crippen molar-refractivity contribution in [3.63, 3.8) is 0 Å². The molecule has 0 N–H and O–H groups in total. The van der Waals surface area contributed by atoms with E-state index in [1.165, 1.54) is 16.7 Å². The molecule has 0 aromatic heterocycles. The zero-order valence-electron chi connectivity index (χ0n) is 17.1. The van der Waals surface area contributed by atoms with Crippen LogP contribution in [0.2, 0.25) is 0 Å². The van der Waals surface area contributed by atoms with Gasteiger partial charge < -0.3 is 0 Å². The first-order chi connectivity index (χ1) is 13.8. The molecule has 0 aliphatic rings. The molecule has 0 amide bonds. The summed E-state index contributed by atoms with van der Waals surface area (Å²) in [6.45, 7) is 10.7. The van der Waals surface area contributed by atoms with E-state index < -0.39 is 0 Å². The molecule has 144 valence electrons. The van der Waals surface area contributed by atoms with Crippen molar-refractivity contribution < 1.29 is 0 Å². The molecule has 0 saturated carbocycles. The topological polar surface area (TPSA) is 3.24 Å². The van der Waals surface area contributed by atoms with Crippen LogP contribution >= 0.6 is 0 Å². The Labute approximate surface area is 170 Å². The number of hydrogen-bond acceptors (Lipinski definition) is 1. The van der Waals surface area contributed by atoms with E-state index in [9.17, 15) is 0 Å². The van der Waals surface area contributed by atoms with E-state index in [2.05, 4.69) is 122 Å². The molecule has 1 heteroatoms. The van der Waals surface area contributed by atoms with E-state index in [4.69, 9.17) is 0 Å². The molecule has 3 rings (SSSR count). The van der Waals surface area contributed by atoms with Crippen LogP contribution in [0.5, 0.6) is 0 Å². The van der Waals surface area contributed by atoms with Crippen LogP contribution in [0, 0.1) is 0 Å². The third-order valence-electron chi connectivity index (χ3n) is 5.87. The molecule has 0 saturated heterocycles. The third-order valence-corrected chi connectivity index (χ3v) is 5.87. The summed E-state index contributed by atoms with van der Waals surface area (Å²) in [5.74, 6) is 0. The average molecular weight is 370 g/mol. The predicted octanol–water partition coefficient (Wildman–Crippen LogP) is 6.31. The molecule has 1 atom stereocenters. The van der Waals surface area contributed by atoms with Gasteiger partial charge in [-0.1, -0.05) is 111 Å². The first-order valence-corrected chi connectivity index (χ1v) is 10.3. The number of benzene rings is 3. The third kappa shape index (κ3) is 3.95. The SMILES string of the molecule is C=C[C@H](CC(c1ccccc1)(c1ccccc1)c1ccccc1)N(CC)CC. The molecule has 0 unspecified atom stereocenters. The highest BCUT2D eigenvalue weighted by Gasteiger charge is 2.38. The summed E-state index contributed by atoms with van der Waals surface area (Å²) in [5, 5.41) is 0. The Hall–Kier alpha value is -2.64. The zero-order chi connectivity index (χ0) is 19.8. The van der Waals surface area contributed by atoms with Crippen molar-refractivity contribution >= 4 is 0 Å². The fourth-order valence-electron chi connectivity index (χ4n) is 4.39. The average Bonchev–Trinajstić information content (AvgIpc) is 2.78.